The molecule has 0 radical (unpaired) electrons. The van der Waals surface area contributed by atoms with Gasteiger partial charge in [0.25, 0.3) is 11.5 Å². The lowest BCUT2D eigenvalue weighted by Gasteiger charge is -1.96. The lowest BCUT2D eigenvalue weighted by atomic mass is 10.1. The summed E-state index contributed by atoms with van der Waals surface area (Å²) in [6.45, 7) is 0. The molecule has 0 atom stereocenters. The Morgan fingerprint density at radius 1 is 1.11 bits per heavy atom. The highest BCUT2D eigenvalue weighted by Gasteiger charge is 2.25. The minimum absolute atomic E-state index is 0.208. The number of nitrogens with zero attached hydrogens (tertiary/aromatic N) is 1. The molecule has 1 aliphatic rings. The standard InChI is InChI=1S/C19H11BrClN3O2S/c20-11-3-6-14-13(8-11)17(19(26)23-14)22-9-16-24-18(25)15(27-16)7-10-1-4-12(21)5-2-10/h1-9H,(H,24,25)(H,22,23,26)/b15-7-,16-9+. The lowest BCUT2D eigenvalue weighted by molar-refractivity contribution is -0.110. The van der Waals surface area contributed by atoms with E-state index in [1.165, 1.54) is 17.5 Å². The van der Waals surface area contributed by atoms with Gasteiger partial charge in [-0.3, -0.25) is 9.59 Å². The number of hydrogen-bond donors (Lipinski definition) is 2. The number of nitrogens with one attached hydrogen (secondary N) is 2. The molecule has 3 aromatic rings. The summed E-state index contributed by atoms with van der Waals surface area (Å²) in [5.74, 6) is -0.272. The van der Waals surface area contributed by atoms with Gasteiger partial charge in [-0.25, -0.2) is 4.99 Å². The van der Waals surface area contributed by atoms with Crippen LogP contribution in [0.5, 0.6) is 0 Å². The van der Waals surface area contributed by atoms with Crippen molar-refractivity contribution in [1.82, 2.24) is 4.98 Å². The van der Waals surface area contributed by atoms with E-state index < -0.39 is 0 Å². The molecule has 0 bridgehead atoms. The van der Waals surface area contributed by atoms with Gasteiger partial charge in [0.05, 0.1) is 16.4 Å². The number of carbonyl (C=O) groups is 1. The van der Waals surface area contributed by atoms with E-state index in [1.54, 1.807) is 18.2 Å². The maximum Gasteiger partial charge on any atom is 0.274 e. The number of amides is 1. The van der Waals surface area contributed by atoms with Gasteiger partial charge < -0.3 is 10.3 Å². The first-order valence-electron chi connectivity index (χ1n) is 7.85. The van der Waals surface area contributed by atoms with Crippen molar-refractivity contribution < 1.29 is 4.79 Å². The lowest BCUT2D eigenvalue weighted by Crippen LogP contribution is -2.19. The molecule has 0 saturated carbocycles. The van der Waals surface area contributed by atoms with E-state index in [2.05, 4.69) is 31.2 Å². The molecule has 1 amide bonds. The van der Waals surface area contributed by atoms with E-state index in [-0.39, 0.29) is 11.5 Å². The fraction of sp³-hybridized carbons (Fsp3) is 0. The molecule has 27 heavy (non-hydrogen) atoms. The van der Waals surface area contributed by atoms with E-state index in [0.717, 1.165) is 15.6 Å². The Kier molecular flexibility index (Phi) is 4.82. The van der Waals surface area contributed by atoms with E-state index in [1.807, 2.05) is 30.3 Å². The number of aliphatic imine (C=N–C) groups is 1. The molecule has 2 aromatic carbocycles. The summed E-state index contributed by atoms with van der Waals surface area (Å²) in [5, 5.41) is 3.41. The number of rotatable bonds is 2. The monoisotopic (exact) mass is 459 g/mol. The zero-order valence-electron chi connectivity index (χ0n) is 13.6. The Bertz CT molecular complexity index is 1260. The third kappa shape index (κ3) is 3.80. The number of aromatic nitrogens is 1. The Hall–Kier alpha value is -2.48. The van der Waals surface area contributed by atoms with Crippen LogP contribution in [0.3, 0.4) is 0 Å². The van der Waals surface area contributed by atoms with Gasteiger partial charge in [-0.2, -0.15) is 0 Å². The van der Waals surface area contributed by atoms with Crippen LogP contribution in [-0.4, -0.2) is 16.6 Å². The first-order valence-corrected chi connectivity index (χ1v) is 9.84. The van der Waals surface area contributed by atoms with Crippen molar-refractivity contribution in [3.05, 3.63) is 82.6 Å². The molecule has 2 heterocycles. The highest BCUT2D eigenvalue weighted by molar-refractivity contribution is 9.10. The smallest absolute Gasteiger partial charge is 0.274 e. The summed E-state index contributed by atoms with van der Waals surface area (Å²) >= 11 is 10.5. The number of anilines is 1. The summed E-state index contributed by atoms with van der Waals surface area (Å²) in [6, 6.07) is 12.7. The highest BCUT2D eigenvalue weighted by Crippen LogP contribution is 2.26. The molecule has 2 N–H and O–H groups in total. The second-order valence-corrected chi connectivity index (χ2v) is 8.17. The van der Waals surface area contributed by atoms with E-state index in [4.69, 9.17) is 11.6 Å². The fourth-order valence-electron chi connectivity index (χ4n) is 2.60. The van der Waals surface area contributed by atoms with Crippen molar-refractivity contribution >= 4 is 68.4 Å². The van der Waals surface area contributed by atoms with Crippen LogP contribution in [0.15, 0.2) is 56.7 Å². The van der Waals surface area contributed by atoms with Crippen molar-refractivity contribution in [2.24, 2.45) is 4.99 Å². The summed E-state index contributed by atoms with van der Waals surface area (Å²) < 4.78 is 1.96. The SMILES string of the molecule is O=C1Nc2ccc(Br)cc2C1=N/C=c1\[nH]c(=O)/c(=C/c2ccc(Cl)cc2)s1. The van der Waals surface area contributed by atoms with E-state index in [9.17, 15) is 9.59 Å². The largest absolute Gasteiger partial charge is 0.320 e. The maximum absolute atomic E-state index is 12.2. The Labute approximate surface area is 170 Å². The molecular weight excluding hydrogens is 450 g/mol. The topological polar surface area (TPSA) is 74.3 Å². The third-order valence-electron chi connectivity index (χ3n) is 3.86. The molecule has 8 heteroatoms. The van der Waals surface area contributed by atoms with Crippen LogP contribution >= 0.6 is 38.9 Å². The van der Waals surface area contributed by atoms with Crippen LogP contribution in [0.4, 0.5) is 5.69 Å². The van der Waals surface area contributed by atoms with Gasteiger partial charge in [-0.1, -0.05) is 39.7 Å². The van der Waals surface area contributed by atoms with Crippen LogP contribution in [0, 0.1) is 0 Å². The quantitative estimate of drug-likeness (QED) is 0.617. The molecule has 5 nitrogen and oxygen atoms in total. The number of H-pyrrole nitrogens is 1. The van der Waals surface area contributed by atoms with Crippen molar-refractivity contribution in [2.45, 2.75) is 0 Å². The minimum atomic E-state index is -0.272. The number of thiazole rings is 1. The zero-order chi connectivity index (χ0) is 19.0. The average molecular weight is 461 g/mol. The molecular formula is C19H11BrClN3O2S. The van der Waals surface area contributed by atoms with Gasteiger partial charge in [0.2, 0.25) is 0 Å². The predicted octanol–water partition coefficient (Wildman–Crippen LogP) is 2.86. The molecule has 1 aliphatic heterocycles. The van der Waals surface area contributed by atoms with Crippen molar-refractivity contribution in [3.63, 3.8) is 0 Å². The number of carbonyl (C=O) groups excluding carboxylic acids is 1. The first-order chi connectivity index (χ1) is 13.0. The van der Waals surface area contributed by atoms with E-state index in [0.29, 0.717) is 25.6 Å². The van der Waals surface area contributed by atoms with Gasteiger partial charge in [-0.05, 0) is 42.0 Å². The number of hydrogen-bond acceptors (Lipinski definition) is 4. The Morgan fingerprint density at radius 2 is 1.89 bits per heavy atom. The number of halogens is 2. The molecule has 1 aromatic heterocycles. The third-order valence-corrected chi connectivity index (χ3v) is 5.55. The van der Waals surface area contributed by atoms with Gasteiger partial charge in [0.1, 0.15) is 10.4 Å². The summed E-state index contributed by atoms with van der Waals surface area (Å²) in [4.78, 5) is 31.4. The fourth-order valence-corrected chi connectivity index (χ4v) is 3.92. The zero-order valence-corrected chi connectivity index (χ0v) is 16.8. The first kappa shape index (κ1) is 17.9. The number of benzene rings is 2. The Morgan fingerprint density at radius 3 is 2.67 bits per heavy atom. The van der Waals surface area contributed by atoms with Gasteiger partial charge in [0, 0.05) is 15.1 Å². The van der Waals surface area contributed by atoms with E-state index >= 15 is 0 Å². The van der Waals surface area contributed by atoms with Crippen molar-refractivity contribution in [2.75, 3.05) is 5.32 Å². The van der Waals surface area contributed by atoms with Crippen LogP contribution in [0.2, 0.25) is 5.02 Å². The molecule has 134 valence electrons. The van der Waals surface area contributed by atoms with Crippen molar-refractivity contribution in [3.8, 4) is 0 Å². The predicted molar refractivity (Wildman–Crippen MR) is 113 cm³/mol. The average Bonchev–Trinajstić information content (AvgIpc) is 3.14. The number of aromatic amines is 1. The Balaban J connectivity index is 1.73. The second-order valence-electron chi connectivity index (χ2n) is 5.73. The van der Waals surface area contributed by atoms with Gasteiger partial charge in [0.15, 0.2) is 0 Å². The van der Waals surface area contributed by atoms with Crippen LogP contribution in [-0.2, 0) is 4.79 Å². The normalized spacial score (nSPS) is 16.1. The number of fused-ring (bicyclic) bond motifs is 1. The summed E-state index contributed by atoms with van der Waals surface area (Å²) in [6.07, 6.45) is 3.27. The molecule has 0 fully saturated rings. The van der Waals surface area contributed by atoms with Crippen molar-refractivity contribution in [1.29, 1.82) is 0 Å². The minimum Gasteiger partial charge on any atom is -0.320 e. The molecule has 0 aliphatic carbocycles. The van der Waals surface area contributed by atoms with Gasteiger partial charge >= 0.3 is 0 Å². The summed E-state index contributed by atoms with van der Waals surface area (Å²) in [7, 11) is 0. The van der Waals surface area contributed by atoms with Crippen LogP contribution in [0.1, 0.15) is 11.1 Å². The molecule has 0 unspecified atom stereocenters. The molecule has 0 saturated heterocycles. The molecule has 0 spiro atoms. The van der Waals surface area contributed by atoms with Crippen LogP contribution < -0.4 is 20.1 Å². The summed E-state index contributed by atoms with van der Waals surface area (Å²) in [5.41, 5.74) is 2.41. The van der Waals surface area contributed by atoms with Crippen LogP contribution in [0.25, 0.3) is 12.3 Å². The van der Waals surface area contributed by atoms with Gasteiger partial charge in [-0.15, -0.1) is 11.3 Å². The molecule has 4 rings (SSSR count). The second kappa shape index (κ2) is 7.26. The highest BCUT2D eigenvalue weighted by atomic mass is 79.9. The maximum atomic E-state index is 12.2.